The molecular weight excluding hydrogens is 321 g/mol. The molecule has 2 aromatic carbocycles. The number of halogens is 4. The maximum Gasteiger partial charge on any atom is 0.418 e. The lowest BCUT2D eigenvalue weighted by atomic mass is 10.1. The Hall–Kier alpha value is -1.79. The van der Waals surface area contributed by atoms with Gasteiger partial charge in [-0.3, -0.25) is 0 Å². The minimum absolute atomic E-state index is 0.0276. The van der Waals surface area contributed by atoms with E-state index in [1.807, 2.05) is 6.07 Å². The van der Waals surface area contributed by atoms with Crippen LogP contribution in [0.5, 0.6) is 0 Å². The molecule has 0 bridgehead atoms. The second kappa shape index (κ2) is 6.32. The van der Waals surface area contributed by atoms with E-state index in [1.165, 1.54) is 12.1 Å². The van der Waals surface area contributed by atoms with Gasteiger partial charge in [0.15, 0.2) is 5.11 Å². The van der Waals surface area contributed by atoms with Gasteiger partial charge in [-0.25, -0.2) is 0 Å². The normalized spacial score (nSPS) is 11.0. The third kappa shape index (κ3) is 4.09. The van der Waals surface area contributed by atoms with Gasteiger partial charge in [-0.15, -0.1) is 0 Å². The summed E-state index contributed by atoms with van der Waals surface area (Å²) in [6.07, 6.45) is -4.52. The van der Waals surface area contributed by atoms with Crippen LogP contribution in [-0.4, -0.2) is 5.11 Å². The largest absolute Gasteiger partial charge is 0.418 e. The van der Waals surface area contributed by atoms with Crippen LogP contribution >= 0.6 is 23.8 Å². The first kappa shape index (κ1) is 15.6. The number of nitrogens with one attached hydrogen (secondary N) is 2. The van der Waals surface area contributed by atoms with Crippen LogP contribution in [-0.2, 0) is 6.18 Å². The highest BCUT2D eigenvalue weighted by atomic mass is 35.5. The molecular formula is C14H10ClF3N2S. The zero-order valence-corrected chi connectivity index (χ0v) is 12.1. The quantitative estimate of drug-likeness (QED) is 0.743. The Morgan fingerprint density at radius 2 is 1.62 bits per heavy atom. The van der Waals surface area contributed by atoms with E-state index in [0.717, 1.165) is 6.07 Å². The van der Waals surface area contributed by atoms with Crippen molar-refractivity contribution < 1.29 is 13.2 Å². The molecule has 0 saturated heterocycles. The molecule has 0 aliphatic heterocycles. The third-order valence-electron chi connectivity index (χ3n) is 2.59. The van der Waals surface area contributed by atoms with Crippen LogP contribution in [0.3, 0.4) is 0 Å². The maximum atomic E-state index is 12.9. The molecule has 2 N–H and O–H groups in total. The zero-order chi connectivity index (χ0) is 15.5. The molecule has 7 heteroatoms. The second-order valence-corrected chi connectivity index (χ2v) is 4.92. The van der Waals surface area contributed by atoms with Gasteiger partial charge in [-0.1, -0.05) is 35.9 Å². The van der Waals surface area contributed by atoms with Crippen molar-refractivity contribution in [1.29, 1.82) is 0 Å². The van der Waals surface area contributed by atoms with E-state index in [-0.39, 0.29) is 15.8 Å². The van der Waals surface area contributed by atoms with Crippen LogP contribution < -0.4 is 10.6 Å². The number of para-hydroxylation sites is 2. The van der Waals surface area contributed by atoms with Gasteiger partial charge < -0.3 is 10.6 Å². The van der Waals surface area contributed by atoms with Gasteiger partial charge in [0, 0.05) is 5.69 Å². The highest BCUT2D eigenvalue weighted by Crippen LogP contribution is 2.38. The number of thiocarbonyl (C=S) groups is 1. The maximum absolute atomic E-state index is 12.9. The zero-order valence-electron chi connectivity index (χ0n) is 10.5. The summed E-state index contributed by atoms with van der Waals surface area (Å²) in [4.78, 5) is 0. The SMILES string of the molecule is FC(F)(F)c1cccc(Cl)c1NC(=S)Nc1ccccc1. The van der Waals surface area contributed by atoms with Crippen molar-refractivity contribution in [2.24, 2.45) is 0 Å². The predicted octanol–water partition coefficient (Wildman–Crippen LogP) is 5.17. The standard InChI is InChI=1S/C14H10ClF3N2S/c15-11-8-4-7-10(14(16,17)18)12(11)20-13(21)19-9-5-2-1-3-6-9/h1-8H,(H2,19,20,21). The first-order chi connectivity index (χ1) is 9.88. The molecule has 2 nitrogen and oxygen atoms in total. The van der Waals surface area contributed by atoms with Crippen molar-refractivity contribution in [3.8, 4) is 0 Å². The summed E-state index contributed by atoms with van der Waals surface area (Å²) >= 11 is 10.8. The highest BCUT2D eigenvalue weighted by Gasteiger charge is 2.34. The Balaban J connectivity index is 2.21. The van der Waals surface area contributed by atoms with E-state index in [0.29, 0.717) is 5.69 Å². The van der Waals surface area contributed by atoms with Gasteiger partial charge in [0.25, 0.3) is 0 Å². The van der Waals surface area contributed by atoms with Crippen molar-refractivity contribution in [3.63, 3.8) is 0 Å². The van der Waals surface area contributed by atoms with Crippen molar-refractivity contribution in [2.45, 2.75) is 6.18 Å². The van der Waals surface area contributed by atoms with Gasteiger partial charge in [0.05, 0.1) is 16.3 Å². The summed E-state index contributed by atoms with van der Waals surface area (Å²) in [6, 6.07) is 12.4. The molecule has 0 radical (unpaired) electrons. The molecule has 0 aliphatic carbocycles. The van der Waals surface area contributed by atoms with Crippen LogP contribution in [0.25, 0.3) is 0 Å². The van der Waals surface area contributed by atoms with Gasteiger partial charge in [-0.05, 0) is 36.5 Å². The molecule has 2 aromatic rings. The lowest BCUT2D eigenvalue weighted by molar-refractivity contribution is -0.136. The molecule has 0 heterocycles. The number of hydrogen-bond donors (Lipinski definition) is 2. The van der Waals surface area contributed by atoms with E-state index in [2.05, 4.69) is 10.6 Å². The average Bonchev–Trinajstić information content (AvgIpc) is 2.41. The number of alkyl halides is 3. The van der Waals surface area contributed by atoms with Gasteiger partial charge >= 0.3 is 6.18 Å². The number of anilines is 2. The summed E-state index contributed by atoms with van der Waals surface area (Å²) in [5.41, 5.74) is -0.470. The topological polar surface area (TPSA) is 24.1 Å². The summed E-state index contributed by atoms with van der Waals surface area (Å²) in [6.45, 7) is 0. The Morgan fingerprint density at radius 1 is 0.952 bits per heavy atom. The van der Waals surface area contributed by atoms with Crippen molar-refractivity contribution in [2.75, 3.05) is 10.6 Å². The molecule has 0 unspecified atom stereocenters. The first-order valence-corrected chi connectivity index (χ1v) is 6.65. The molecule has 0 spiro atoms. The molecule has 21 heavy (non-hydrogen) atoms. The molecule has 0 atom stereocenters. The van der Waals surface area contributed by atoms with Crippen LogP contribution in [0.2, 0.25) is 5.02 Å². The molecule has 0 aliphatic rings. The molecule has 110 valence electrons. The van der Waals surface area contributed by atoms with E-state index in [9.17, 15) is 13.2 Å². The lowest BCUT2D eigenvalue weighted by Crippen LogP contribution is -2.21. The fourth-order valence-electron chi connectivity index (χ4n) is 1.68. The third-order valence-corrected chi connectivity index (χ3v) is 3.11. The Bertz CT molecular complexity index is 644. The summed E-state index contributed by atoms with van der Waals surface area (Å²) in [7, 11) is 0. The van der Waals surface area contributed by atoms with Crippen LogP contribution in [0.15, 0.2) is 48.5 Å². The van der Waals surface area contributed by atoms with Crippen molar-refractivity contribution >= 4 is 40.3 Å². The Kier molecular flexibility index (Phi) is 4.69. The fraction of sp³-hybridized carbons (Fsp3) is 0.0714. The van der Waals surface area contributed by atoms with E-state index >= 15 is 0 Å². The number of rotatable bonds is 2. The van der Waals surface area contributed by atoms with Crippen molar-refractivity contribution in [3.05, 3.63) is 59.1 Å². The minimum atomic E-state index is -4.52. The predicted molar refractivity (Wildman–Crippen MR) is 82.7 cm³/mol. The summed E-state index contributed by atoms with van der Waals surface area (Å²) in [5, 5.41) is 5.27. The summed E-state index contributed by atoms with van der Waals surface area (Å²) in [5.74, 6) is 0. The van der Waals surface area contributed by atoms with Gasteiger partial charge in [0.1, 0.15) is 0 Å². The van der Waals surface area contributed by atoms with E-state index in [4.69, 9.17) is 23.8 Å². The molecule has 0 saturated carbocycles. The van der Waals surface area contributed by atoms with Crippen LogP contribution in [0.4, 0.5) is 24.5 Å². The van der Waals surface area contributed by atoms with Crippen molar-refractivity contribution in [1.82, 2.24) is 0 Å². The molecule has 0 amide bonds. The minimum Gasteiger partial charge on any atom is -0.332 e. The summed E-state index contributed by atoms with van der Waals surface area (Å²) < 4.78 is 38.8. The molecule has 0 fully saturated rings. The fourth-order valence-corrected chi connectivity index (χ4v) is 2.13. The van der Waals surface area contributed by atoms with Crippen LogP contribution in [0, 0.1) is 0 Å². The molecule has 2 rings (SSSR count). The average molecular weight is 331 g/mol. The molecule has 0 aromatic heterocycles. The van der Waals surface area contributed by atoms with Gasteiger partial charge in [-0.2, -0.15) is 13.2 Å². The monoisotopic (exact) mass is 330 g/mol. The second-order valence-electron chi connectivity index (χ2n) is 4.11. The highest BCUT2D eigenvalue weighted by molar-refractivity contribution is 7.80. The van der Waals surface area contributed by atoms with E-state index < -0.39 is 11.7 Å². The Labute approximate surface area is 129 Å². The number of benzene rings is 2. The lowest BCUT2D eigenvalue weighted by Gasteiger charge is -2.17. The first-order valence-electron chi connectivity index (χ1n) is 5.86. The van der Waals surface area contributed by atoms with Crippen LogP contribution in [0.1, 0.15) is 5.56 Å². The smallest absolute Gasteiger partial charge is 0.332 e. The Morgan fingerprint density at radius 3 is 2.24 bits per heavy atom. The van der Waals surface area contributed by atoms with Gasteiger partial charge in [0.2, 0.25) is 0 Å². The van der Waals surface area contributed by atoms with E-state index in [1.54, 1.807) is 24.3 Å². The number of hydrogen-bond acceptors (Lipinski definition) is 1.